The van der Waals surface area contributed by atoms with Crippen LogP contribution in [0.4, 0.5) is 4.39 Å². The van der Waals surface area contributed by atoms with Gasteiger partial charge >= 0.3 is 0 Å². The molecular weight excluding hydrogens is 445 g/mol. The summed E-state index contributed by atoms with van der Waals surface area (Å²) in [5.41, 5.74) is 4.43. The predicted octanol–water partition coefficient (Wildman–Crippen LogP) is 4.34. The molecule has 0 bridgehead atoms. The molecule has 0 aliphatic carbocycles. The number of ether oxygens (including phenoxy) is 1. The van der Waals surface area contributed by atoms with Crippen molar-refractivity contribution >= 4 is 11.6 Å². The Labute approximate surface area is 201 Å². The zero-order valence-corrected chi connectivity index (χ0v) is 18.8. The van der Waals surface area contributed by atoms with E-state index < -0.39 is 0 Å². The Hall–Kier alpha value is -4.59. The summed E-state index contributed by atoms with van der Waals surface area (Å²) in [6, 6.07) is 27.5. The molecule has 0 radical (unpaired) electrons. The fourth-order valence-electron chi connectivity index (χ4n) is 3.67. The molecule has 35 heavy (non-hydrogen) atoms. The van der Waals surface area contributed by atoms with E-state index in [0.29, 0.717) is 35.9 Å². The predicted molar refractivity (Wildman–Crippen MR) is 130 cm³/mol. The van der Waals surface area contributed by atoms with Crippen LogP contribution in [0.1, 0.15) is 5.56 Å². The Bertz CT molecular complexity index is 1430. The molecule has 0 saturated carbocycles. The summed E-state index contributed by atoms with van der Waals surface area (Å²) in [5.74, 6) is 0.441. The van der Waals surface area contributed by atoms with Gasteiger partial charge in [0.2, 0.25) is 11.8 Å². The Morgan fingerprint density at radius 1 is 0.829 bits per heavy atom. The van der Waals surface area contributed by atoms with Crippen LogP contribution in [0.2, 0.25) is 0 Å². The van der Waals surface area contributed by atoms with E-state index in [4.69, 9.17) is 4.74 Å². The zero-order valence-electron chi connectivity index (χ0n) is 18.8. The second-order valence-corrected chi connectivity index (χ2v) is 7.91. The van der Waals surface area contributed by atoms with Crippen molar-refractivity contribution in [1.29, 1.82) is 0 Å². The van der Waals surface area contributed by atoms with Gasteiger partial charge in [0, 0.05) is 11.6 Å². The lowest BCUT2D eigenvalue weighted by Crippen LogP contribution is -2.29. The van der Waals surface area contributed by atoms with Crippen LogP contribution < -0.4 is 10.1 Å². The van der Waals surface area contributed by atoms with Crippen molar-refractivity contribution in [2.45, 2.75) is 6.42 Å². The summed E-state index contributed by atoms with van der Waals surface area (Å²) in [5, 5.41) is 15.5. The molecule has 3 aromatic carbocycles. The molecule has 174 valence electrons. The molecule has 0 fully saturated rings. The van der Waals surface area contributed by atoms with E-state index in [9.17, 15) is 9.18 Å². The topological polar surface area (TPSA) is 81.4 Å². The average Bonchev–Trinajstić information content (AvgIpc) is 3.31. The first-order chi connectivity index (χ1) is 17.2. The molecule has 0 saturated heterocycles. The molecule has 0 atom stereocenters. The second-order valence-electron chi connectivity index (χ2n) is 7.91. The van der Waals surface area contributed by atoms with Gasteiger partial charge in [-0.1, -0.05) is 54.6 Å². The van der Waals surface area contributed by atoms with E-state index in [1.807, 2.05) is 42.5 Å². The van der Waals surface area contributed by atoms with Crippen LogP contribution in [0.3, 0.4) is 0 Å². The molecule has 5 aromatic rings. The quantitative estimate of drug-likeness (QED) is 0.344. The summed E-state index contributed by atoms with van der Waals surface area (Å²) in [4.78, 5) is 12.3. The first-order valence-electron chi connectivity index (χ1n) is 11.2. The molecule has 0 unspecified atom stereocenters. The van der Waals surface area contributed by atoms with E-state index >= 15 is 0 Å². The number of nitrogens with one attached hydrogen (secondary N) is 1. The molecule has 1 N–H and O–H groups in total. The van der Waals surface area contributed by atoms with Crippen LogP contribution >= 0.6 is 0 Å². The molecule has 0 spiro atoms. The first kappa shape index (κ1) is 22.2. The van der Waals surface area contributed by atoms with E-state index in [1.54, 1.807) is 28.8 Å². The van der Waals surface area contributed by atoms with Crippen LogP contribution in [-0.2, 0) is 11.2 Å². The third-order valence-electron chi connectivity index (χ3n) is 5.44. The fourth-order valence-corrected chi connectivity index (χ4v) is 3.67. The number of aromatic nitrogens is 4. The monoisotopic (exact) mass is 467 g/mol. The van der Waals surface area contributed by atoms with Crippen molar-refractivity contribution in [3.8, 4) is 28.4 Å². The number of fused-ring (bicyclic) bond motifs is 1. The Morgan fingerprint density at radius 2 is 1.54 bits per heavy atom. The third-order valence-corrected chi connectivity index (χ3v) is 5.44. The molecule has 7 nitrogen and oxygen atoms in total. The Kier molecular flexibility index (Phi) is 6.43. The number of carbonyl (C=O) groups excluding carboxylic acids is 1. The summed E-state index contributed by atoms with van der Waals surface area (Å²) < 4.78 is 20.5. The molecule has 2 heterocycles. The van der Waals surface area contributed by atoms with Gasteiger partial charge < -0.3 is 10.1 Å². The number of rotatable bonds is 8. The highest BCUT2D eigenvalue weighted by molar-refractivity contribution is 5.78. The zero-order chi connectivity index (χ0) is 24.0. The Balaban J connectivity index is 1.13. The van der Waals surface area contributed by atoms with Crippen LogP contribution in [-0.4, -0.2) is 38.9 Å². The number of hydrogen-bond acceptors (Lipinski definition) is 5. The van der Waals surface area contributed by atoms with Gasteiger partial charge in [0.05, 0.1) is 13.0 Å². The van der Waals surface area contributed by atoms with Crippen molar-refractivity contribution in [3.05, 3.63) is 102 Å². The maximum atomic E-state index is 13.2. The molecule has 5 rings (SSSR count). The maximum absolute atomic E-state index is 13.2. The minimum Gasteiger partial charge on any atom is -0.475 e. The number of nitrogens with zero attached hydrogens (tertiary/aromatic N) is 4. The van der Waals surface area contributed by atoms with Gasteiger partial charge in [-0.2, -0.15) is 4.52 Å². The molecule has 1 amide bonds. The van der Waals surface area contributed by atoms with Crippen molar-refractivity contribution in [3.63, 3.8) is 0 Å². The van der Waals surface area contributed by atoms with Crippen LogP contribution in [0.15, 0.2) is 91.0 Å². The van der Waals surface area contributed by atoms with E-state index in [1.165, 1.54) is 12.1 Å². The van der Waals surface area contributed by atoms with Crippen LogP contribution in [0.25, 0.3) is 28.2 Å². The van der Waals surface area contributed by atoms with Gasteiger partial charge in [-0.3, -0.25) is 4.79 Å². The second kappa shape index (κ2) is 10.1. The Morgan fingerprint density at radius 3 is 2.31 bits per heavy atom. The minimum absolute atomic E-state index is 0.0816. The summed E-state index contributed by atoms with van der Waals surface area (Å²) in [6.45, 7) is 0.596. The molecule has 2 aromatic heterocycles. The lowest BCUT2D eigenvalue weighted by Gasteiger charge is -2.08. The van der Waals surface area contributed by atoms with Gasteiger partial charge in [0.15, 0.2) is 11.5 Å². The van der Waals surface area contributed by atoms with Crippen molar-refractivity contribution < 1.29 is 13.9 Å². The SMILES string of the molecule is O=C(Cc1ccc(-c2ccccc2)cc1)NCCOc1ccc2nnc(-c3ccc(F)cc3)n2n1. The van der Waals surface area contributed by atoms with Gasteiger partial charge in [0.1, 0.15) is 12.4 Å². The summed E-state index contributed by atoms with van der Waals surface area (Å²) in [6.07, 6.45) is 0.293. The number of hydrogen-bond donors (Lipinski definition) is 1. The van der Waals surface area contributed by atoms with E-state index in [2.05, 4.69) is 32.7 Å². The first-order valence-corrected chi connectivity index (χ1v) is 11.2. The highest BCUT2D eigenvalue weighted by atomic mass is 19.1. The van der Waals surface area contributed by atoms with Gasteiger partial charge in [-0.05, 0) is 47.0 Å². The molecule has 0 aliphatic rings. The average molecular weight is 468 g/mol. The lowest BCUT2D eigenvalue weighted by molar-refractivity contribution is -0.120. The number of benzene rings is 3. The largest absolute Gasteiger partial charge is 0.475 e. The van der Waals surface area contributed by atoms with E-state index in [0.717, 1.165) is 16.7 Å². The smallest absolute Gasteiger partial charge is 0.231 e. The van der Waals surface area contributed by atoms with Crippen LogP contribution in [0.5, 0.6) is 5.88 Å². The molecular formula is C27H22FN5O2. The van der Waals surface area contributed by atoms with Crippen molar-refractivity contribution in [2.75, 3.05) is 13.2 Å². The molecule has 0 aliphatic heterocycles. The summed E-state index contributed by atoms with van der Waals surface area (Å²) in [7, 11) is 0. The van der Waals surface area contributed by atoms with Gasteiger partial charge in [0.25, 0.3) is 0 Å². The van der Waals surface area contributed by atoms with Crippen molar-refractivity contribution in [1.82, 2.24) is 25.1 Å². The van der Waals surface area contributed by atoms with E-state index in [-0.39, 0.29) is 18.3 Å². The van der Waals surface area contributed by atoms with Gasteiger partial charge in [-0.25, -0.2) is 4.39 Å². The number of carbonyl (C=O) groups is 1. The highest BCUT2D eigenvalue weighted by Crippen LogP contribution is 2.20. The summed E-state index contributed by atoms with van der Waals surface area (Å²) >= 11 is 0. The minimum atomic E-state index is -0.328. The molecule has 8 heteroatoms. The maximum Gasteiger partial charge on any atom is 0.231 e. The van der Waals surface area contributed by atoms with Gasteiger partial charge in [-0.15, -0.1) is 15.3 Å². The lowest BCUT2D eigenvalue weighted by atomic mass is 10.0. The number of halogens is 1. The highest BCUT2D eigenvalue weighted by Gasteiger charge is 2.11. The third kappa shape index (κ3) is 5.33. The normalized spacial score (nSPS) is 10.9. The number of amides is 1. The van der Waals surface area contributed by atoms with Crippen LogP contribution in [0, 0.1) is 5.82 Å². The standard InChI is InChI=1S/C27H22FN5O2/c28-23-12-10-22(11-13-23)27-31-30-24-14-15-26(32-33(24)27)35-17-16-29-25(34)18-19-6-8-21(9-7-19)20-4-2-1-3-5-20/h1-15H,16-18H2,(H,29,34). The van der Waals surface area contributed by atoms with Crippen molar-refractivity contribution in [2.24, 2.45) is 0 Å². The fraction of sp³-hybridized carbons (Fsp3) is 0.111.